The lowest BCUT2D eigenvalue weighted by atomic mass is 10.0. The summed E-state index contributed by atoms with van der Waals surface area (Å²) in [5, 5.41) is 7.74. The van der Waals surface area contributed by atoms with Crippen molar-refractivity contribution >= 4 is 22.6 Å². The van der Waals surface area contributed by atoms with Crippen LogP contribution in [0.5, 0.6) is 5.75 Å². The Kier molecular flexibility index (Phi) is 7.07. The van der Waals surface area contributed by atoms with Crippen molar-refractivity contribution in [1.29, 1.82) is 0 Å². The Morgan fingerprint density at radius 1 is 0.900 bits per heavy atom. The van der Waals surface area contributed by atoms with Gasteiger partial charge in [-0.3, -0.25) is 9.59 Å². The molecule has 0 aliphatic rings. The Balaban J connectivity index is 1.77. The molecule has 0 saturated carbocycles. The van der Waals surface area contributed by atoms with E-state index >= 15 is 0 Å². The van der Waals surface area contributed by atoms with E-state index in [0.29, 0.717) is 23.8 Å². The lowest BCUT2D eigenvalue weighted by molar-refractivity contribution is -0.124. The van der Waals surface area contributed by atoms with Crippen molar-refractivity contribution < 1.29 is 14.3 Å². The normalized spacial score (nSPS) is 11.9. The average Bonchev–Trinajstić information content (AvgIpc) is 2.76. The number of carbonyl (C=O) groups is 2. The second-order valence-electron chi connectivity index (χ2n) is 7.75. The first-order chi connectivity index (χ1) is 14.4. The van der Waals surface area contributed by atoms with Crippen LogP contribution in [0.15, 0.2) is 66.7 Å². The first-order valence-corrected chi connectivity index (χ1v) is 10.2. The summed E-state index contributed by atoms with van der Waals surface area (Å²) in [4.78, 5) is 25.2. The van der Waals surface area contributed by atoms with Crippen LogP contribution in [0.3, 0.4) is 0 Å². The van der Waals surface area contributed by atoms with Crippen LogP contribution in [-0.2, 0) is 11.3 Å². The molecule has 156 valence electrons. The zero-order valence-corrected chi connectivity index (χ0v) is 17.6. The van der Waals surface area contributed by atoms with Gasteiger partial charge in [0.2, 0.25) is 0 Å². The van der Waals surface area contributed by atoms with Crippen LogP contribution in [0.4, 0.5) is 0 Å². The molecule has 5 heteroatoms. The van der Waals surface area contributed by atoms with Crippen molar-refractivity contribution in [3.63, 3.8) is 0 Å². The minimum absolute atomic E-state index is 0.0475. The van der Waals surface area contributed by atoms with Crippen molar-refractivity contribution in [3.8, 4) is 5.75 Å². The number of hydrogen-bond acceptors (Lipinski definition) is 3. The molecule has 0 spiro atoms. The summed E-state index contributed by atoms with van der Waals surface area (Å²) < 4.78 is 5.79. The molecule has 2 amide bonds. The first-order valence-electron chi connectivity index (χ1n) is 10.2. The van der Waals surface area contributed by atoms with Gasteiger partial charge in [0.05, 0.1) is 5.56 Å². The number of hydrogen-bond donors (Lipinski definition) is 2. The molecule has 30 heavy (non-hydrogen) atoms. The minimum Gasteiger partial charge on any atom is -0.483 e. The SMILES string of the molecule is CC(C)[C@@H](C)NC(=O)COc1cc2ccccc2cc1C(=O)NCc1ccccc1. The van der Waals surface area contributed by atoms with Crippen LogP contribution < -0.4 is 15.4 Å². The van der Waals surface area contributed by atoms with Gasteiger partial charge in [0.25, 0.3) is 11.8 Å². The standard InChI is InChI=1S/C25H28N2O3/c1-17(2)18(3)27-24(28)16-30-23-14-21-12-8-7-11-20(21)13-22(23)25(29)26-15-19-9-5-4-6-10-19/h4-14,17-18H,15-16H2,1-3H3,(H,26,29)(H,27,28)/t18-/m1/s1. The highest BCUT2D eigenvalue weighted by molar-refractivity contribution is 6.01. The van der Waals surface area contributed by atoms with Crippen LogP contribution in [0.1, 0.15) is 36.7 Å². The summed E-state index contributed by atoms with van der Waals surface area (Å²) in [5.74, 6) is 0.274. The van der Waals surface area contributed by atoms with E-state index < -0.39 is 0 Å². The van der Waals surface area contributed by atoms with E-state index in [0.717, 1.165) is 16.3 Å². The Morgan fingerprint density at radius 2 is 1.53 bits per heavy atom. The van der Waals surface area contributed by atoms with Gasteiger partial charge >= 0.3 is 0 Å². The molecule has 0 aliphatic carbocycles. The fourth-order valence-corrected chi connectivity index (χ4v) is 3.00. The molecule has 1 atom stereocenters. The van der Waals surface area contributed by atoms with Gasteiger partial charge in [-0.2, -0.15) is 0 Å². The van der Waals surface area contributed by atoms with Crippen molar-refractivity contribution in [2.24, 2.45) is 5.92 Å². The molecule has 0 fully saturated rings. The van der Waals surface area contributed by atoms with Gasteiger partial charge < -0.3 is 15.4 Å². The fraction of sp³-hybridized carbons (Fsp3) is 0.280. The maximum Gasteiger partial charge on any atom is 0.258 e. The summed E-state index contributed by atoms with van der Waals surface area (Å²) >= 11 is 0. The summed E-state index contributed by atoms with van der Waals surface area (Å²) in [6, 6.07) is 21.1. The zero-order valence-electron chi connectivity index (χ0n) is 17.6. The molecule has 5 nitrogen and oxygen atoms in total. The van der Waals surface area contributed by atoms with E-state index in [-0.39, 0.29) is 24.5 Å². The first kappa shape index (κ1) is 21.4. The van der Waals surface area contributed by atoms with Gasteiger partial charge in [0.15, 0.2) is 6.61 Å². The smallest absolute Gasteiger partial charge is 0.258 e. The second-order valence-corrected chi connectivity index (χ2v) is 7.75. The van der Waals surface area contributed by atoms with Gasteiger partial charge in [0, 0.05) is 12.6 Å². The molecule has 3 aromatic carbocycles. The molecule has 3 rings (SSSR count). The lowest BCUT2D eigenvalue weighted by Gasteiger charge is -2.18. The Hall–Kier alpha value is -3.34. The van der Waals surface area contributed by atoms with E-state index in [1.165, 1.54) is 0 Å². The maximum absolute atomic E-state index is 12.9. The van der Waals surface area contributed by atoms with Gasteiger partial charge in [-0.15, -0.1) is 0 Å². The quantitative estimate of drug-likeness (QED) is 0.588. The van der Waals surface area contributed by atoms with Crippen LogP contribution in [0.25, 0.3) is 10.8 Å². The third kappa shape index (κ3) is 5.60. The zero-order chi connectivity index (χ0) is 21.5. The molecule has 3 aromatic rings. The number of nitrogens with one attached hydrogen (secondary N) is 2. The van der Waals surface area contributed by atoms with Crippen molar-refractivity contribution in [2.45, 2.75) is 33.4 Å². The van der Waals surface area contributed by atoms with Crippen molar-refractivity contribution in [3.05, 3.63) is 77.9 Å². The topological polar surface area (TPSA) is 67.4 Å². The predicted molar refractivity (Wildman–Crippen MR) is 119 cm³/mol. The van der Waals surface area contributed by atoms with Crippen molar-refractivity contribution in [2.75, 3.05) is 6.61 Å². The fourth-order valence-electron chi connectivity index (χ4n) is 3.00. The molecule has 0 bridgehead atoms. The lowest BCUT2D eigenvalue weighted by Crippen LogP contribution is -2.39. The van der Waals surface area contributed by atoms with Gasteiger partial charge in [0.1, 0.15) is 5.75 Å². The maximum atomic E-state index is 12.9. The van der Waals surface area contributed by atoms with Crippen molar-refractivity contribution in [1.82, 2.24) is 10.6 Å². The summed E-state index contributed by atoms with van der Waals surface area (Å²) in [5.41, 5.74) is 1.42. The molecular formula is C25H28N2O3. The molecule has 0 aliphatic heterocycles. The highest BCUT2D eigenvalue weighted by Gasteiger charge is 2.17. The Labute approximate surface area is 177 Å². The van der Waals surface area contributed by atoms with E-state index in [1.807, 2.05) is 81.4 Å². The van der Waals surface area contributed by atoms with E-state index in [2.05, 4.69) is 10.6 Å². The highest BCUT2D eigenvalue weighted by Crippen LogP contribution is 2.26. The number of rotatable bonds is 8. The van der Waals surface area contributed by atoms with Crippen LogP contribution in [0.2, 0.25) is 0 Å². The van der Waals surface area contributed by atoms with Crippen LogP contribution in [0, 0.1) is 5.92 Å². The van der Waals surface area contributed by atoms with E-state index in [4.69, 9.17) is 4.74 Å². The largest absolute Gasteiger partial charge is 0.483 e. The van der Waals surface area contributed by atoms with Gasteiger partial charge in [-0.25, -0.2) is 0 Å². The van der Waals surface area contributed by atoms with E-state index in [9.17, 15) is 9.59 Å². The molecule has 0 heterocycles. The summed E-state index contributed by atoms with van der Waals surface area (Å²) in [6.45, 7) is 6.32. The van der Waals surface area contributed by atoms with Crippen LogP contribution >= 0.6 is 0 Å². The Bertz CT molecular complexity index is 1020. The molecule has 2 N–H and O–H groups in total. The van der Waals surface area contributed by atoms with Gasteiger partial charge in [-0.05, 0) is 41.3 Å². The molecule has 0 aromatic heterocycles. The number of fused-ring (bicyclic) bond motifs is 1. The van der Waals surface area contributed by atoms with Gasteiger partial charge in [-0.1, -0.05) is 68.4 Å². The van der Waals surface area contributed by atoms with Crippen LogP contribution in [-0.4, -0.2) is 24.5 Å². The summed E-state index contributed by atoms with van der Waals surface area (Å²) in [7, 11) is 0. The molecular weight excluding hydrogens is 376 g/mol. The highest BCUT2D eigenvalue weighted by atomic mass is 16.5. The molecule has 0 unspecified atom stereocenters. The third-order valence-electron chi connectivity index (χ3n) is 5.14. The number of ether oxygens (including phenoxy) is 1. The Morgan fingerprint density at radius 3 is 2.20 bits per heavy atom. The minimum atomic E-state index is -0.240. The van der Waals surface area contributed by atoms with E-state index in [1.54, 1.807) is 6.07 Å². The number of carbonyl (C=O) groups excluding carboxylic acids is 2. The third-order valence-corrected chi connectivity index (χ3v) is 5.14. The summed E-state index contributed by atoms with van der Waals surface area (Å²) in [6.07, 6.45) is 0. The second kappa shape index (κ2) is 9.92. The average molecular weight is 405 g/mol. The molecule has 0 radical (unpaired) electrons. The number of benzene rings is 3. The molecule has 0 saturated heterocycles. The predicted octanol–water partition coefficient (Wildman–Crippen LogP) is 4.31. The monoisotopic (exact) mass is 404 g/mol. The number of amides is 2.